The molecule has 0 spiro atoms. The third-order valence-electron chi connectivity index (χ3n) is 8.98. The highest BCUT2D eigenvalue weighted by Crippen LogP contribution is 2.35. The Balaban J connectivity index is 1.87. The molecule has 0 aliphatic carbocycles. The number of nitrogens with two attached hydrogens (primary N) is 1. The molecule has 14 N–H and O–H groups in total. The minimum Gasteiger partial charge on any atom is -0.477 e. The van der Waals surface area contributed by atoms with Crippen LogP contribution in [0.5, 0.6) is 0 Å². The Morgan fingerprint density at radius 2 is 1.50 bits per heavy atom. The van der Waals surface area contributed by atoms with E-state index < -0.39 is 142 Å². The van der Waals surface area contributed by atoms with E-state index in [4.69, 9.17) is 34.2 Å². The lowest BCUT2D eigenvalue weighted by molar-refractivity contribution is -0.356. The second-order valence-electron chi connectivity index (χ2n) is 13.0. The SMILES string of the molecule is CC(=O)N[C@@H]1[C@@H](O)C[C@](OC[C@H]2O[C@@H](O[C@H]3[C@@H](O)[C@@H](CO)O[C@@H](OCCCCCN)[C@@H]3O)[C@H](NC(C)=O)[C@@H](O)[C@@H]2O)(C(=O)O)O[C@H]1C(O)C(O)CO. The minimum atomic E-state index is -2.84. The van der Waals surface area contributed by atoms with Crippen molar-refractivity contribution in [3.8, 4) is 0 Å². The third-order valence-corrected chi connectivity index (χ3v) is 8.98. The summed E-state index contributed by atoms with van der Waals surface area (Å²) in [5, 5.41) is 110. The smallest absolute Gasteiger partial charge is 0.364 e. The van der Waals surface area contributed by atoms with Gasteiger partial charge in [0.15, 0.2) is 12.6 Å². The Morgan fingerprint density at radius 3 is 2.08 bits per heavy atom. The molecule has 0 aromatic heterocycles. The molecule has 0 bridgehead atoms. The van der Waals surface area contributed by atoms with E-state index in [-0.39, 0.29) is 6.61 Å². The highest BCUT2D eigenvalue weighted by atomic mass is 16.8. The molecule has 3 fully saturated rings. The minimum absolute atomic E-state index is 0.103. The standard InChI is InChI=1S/C30H53N3O19/c1-12(36)32-18-14(38)8-30(29(45)46,52-25(18)20(40)15(39)9-34)48-11-17-21(41)23(43)19(33-13(2)37)27(50-17)51-26-22(42)16(10-35)49-28(24(26)44)47-7-5-3-4-6-31/h14-28,34-35,38-44H,3-11,31H2,1-2H3,(H,32,36)(H,33,37)(H,45,46)/t14-,15?,16+,17+,18+,19+,20?,21+,22-,23+,24+,25+,26-,27-,28+,30+/m0/s1. The maximum absolute atomic E-state index is 12.6. The van der Waals surface area contributed by atoms with Crippen LogP contribution in [0, 0.1) is 0 Å². The highest BCUT2D eigenvalue weighted by Gasteiger charge is 2.57. The van der Waals surface area contributed by atoms with Crippen LogP contribution < -0.4 is 16.4 Å². The molecule has 52 heavy (non-hydrogen) atoms. The van der Waals surface area contributed by atoms with E-state index >= 15 is 0 Å². The number of aliphatic carboxylic acids is 1. The second kappa shape index (κ2) is 19.9. The number of carboxylic acid groups (broad SMARTS) is 1. The molecular formula is C30H53N3O19. The number of carbonyl (C=O) groups excluding carboxylic acids is 2. The van der Waals surface area contributed by atoms with Crippen LogP contribution >= 0.6 is 0 Å². The molecule has 3 aliphatic rings. The number of unbranched alkanes of at least 4 members (excludes halogenated alkanes) is 2. The lowest BCUT2D eigenvalue weighted by Gasteiger charge is -2.48. The number of carbonyl (C=O) groups is 3. The first kappa shape index (κ1) is 44.2. The summed E-state index contributed by atoms with van der Waals surface area (Å²) in [5.74, 6) is -6.15. The van der Waals surface area contributed by atoms with Gasteiger partial charge in [-0.2, -0.15) is 0 Å². The molecular weight excluding hydrogens is 706 g/mol. The lowest BCUT2D eigenvalue weighted by Crippen LogP contribution is -2.69. The molecule has 302 valence electrons. The van der Waals surface area contributed by atoms with E-state index in [0.717, 1.165) is 20.3 Å². The molecule has 22 nitrogen and oxygen atoms in total. The molecule has 2 amide bonds. The summed E-state index contributed by atoms with van der Waals surface area (Å²) in [5.41, 5.74) is 5.50. The number of nitrogens with one attached hydrogen (secondary N) is 2. The van der Waals surface area contributed by atoms with Crippen molar-refractivity contribution in [3.05, 3.63) is 0 Å². The largest absolute Gasteiger partial charge is 0.477 e. The molecule has 3 heterocycles. The fourth-order valence-corrected chi connectivity index (χ4v) is 6.20. The van der Waals surface area contributed by atoms with Crippen LogP contribution in [0.4, 0.5) is 0 Å². The summed E-state index contributed by atoms with van der Waals surface area (Å²) in [7, 11) is 0. The normalized spacial score (nSPS) is 39.3. The van der Waals surface area contributed by atoms with Gasteiger partial charge < -0.3 is 95.9 Å². The zero-order valence-electron chi connectivity index (χ0n) is 28.7. The highest BCUT2D eigenvalue weighted by molar-refractivity contribution is 5.76. The van der Waals surface area contributed by atoms with Crippen LogP contribution in [0.2, 0.25) is 0 Å². The van der Waals surface area contributed by atoms with Gasteiger partial charge in [-0.3, -0.25) is 9.59 Å². The average molecular weight is 760 g/mol. The summed E-state index contributed by atoms with van der Waals surface area (Å²) < 4.78 is 34.0. The van der Waals surface area contributed by atoms with Crippen LogP contribution in [0.1, 0.15) is 39.5 Å². The van der Waals surface area contributed by atoms with E-state index in [1.165, 1.54) is 0 Å². The Hall–Kier alpha value is -2.23. The van der Waals surface area contributed by atoms with Gasteiger partial charge in [-0.1, -0.05) is 0 Å². The van der Waals surface area contributed by atoms with Crippen molar-refractivity contribution in [2.24, 2.45) is 5.73 Å². The zero-order chi connectivity index (χ0) is 38.9. The molecule has 3 saturated heterocycles. The van der Waals surface area contributed by atoms with E-state index in [0.29, 0.717) is 19.4 Å². The fourth-order valence-electron chi connectivity index (χ4n) is 6.20. The van der Waals surface area contributed by atoms with Crippen molar-refractivity contribution in [2.75, 3.05) is 33.0 Å². The van der Waals surface area contributed by atoms with E-state index in [1.54, 1.807) is 0 Å². The van der Waals surface area contributed by atoms with Crippen molar-refractivity contribution < 1.29 is 93.9 Å². The van der Waals surface area contributed by atoms with E-state index in [2.05, 4.69) is 10.6 Å². The van der Waals surface area contributed by atoms with Gasteiger partial charge in [-0.15, -0.1) is 0 Å². The topological polar surface area (TPSA) is 359 Å². The number of amides is 2. The Morgan fingerprint density at radius 1 is 0.865 bits per heavy atom. The van der Waals surface area contributed by atoms with E-state index in [9.17, 15) is 65.4 Å². The van der Waals surface area contributed by atoms with Crippen molar-refractivity contribution in [2.45, 2.75) is 137 Å². The summed E-state index contributed by atoms with van der Waals surface area (Å²) in [6.07, 6.45) is -21.8. The van der Waals surface area contributed by atoms with Crippen LogP contribution in [0.3, 0.4) is 0 Å². The Bertz CT molecular complexity index is 1160. The van der Waals surface area contributed by atoms with Gasteiger partial charge in [-0.05, 0) is 25.8 Å². The zero-order valence-corrected chi connectivity index (χ0v) is 28.7. The second-order valence-corrected chi connectivity index (χ2v) is 13.0. The first-order valence-corrected chi connectivity index (χ1v) is 16.9. The van der Waals surface area contributed by atoms with Crippen molar-refractivity contribution in [1.29, 1.82) is 0 Å². The Kier molecular flexibility index (Phi) is 16.9. The maximum Gasteiger partial charge on any atom is 0.364 e. The van der Waals surface area contributed by atoms with Crippen LogP contribution in [-0.4, -0.2) is 199 Å². The number of aliphatic hydroxyl groups excluding tert-OH is 9. The monoisotopic (exact) mass is 759 g/mol. The maximum atomic E-state index is 12.6. The number of ether oxygens (including phenoxy) is 6. The van der Waals surface area contributed by atoms with Gasteiger partial charge in [0.1, 0.15) is 67.1 Å². The quantitative estimate of drug-likeness (QED) is 0.0577. The molecule has 16 atom stereocenters. The van der Waals surface area contributed by atoms with Gasteiger partial charge >= 0.3 is 5.97 Å². The van der Waals surface area contributed by atoms with Gasteiger partial charge in [-0.25, -0.2) is 4.79 Å². The molecule has 0 saturated carbocycles. The van der Waals surface area contributed by atoms with Crippen LogP contribution in [-0.2, 0) is 42.8 Å². The molecule has 3 rings (SSSR count). The number of rotatable bonds is 18. The van der Waals surface area contributed by atoms with Crippen molar-refractivity contribution in [3.63, 3.8) is 0 Å². The number of hydrogen-bond donors (Lipinski definition) is 13. The van der Waals surface area contributed by atoms with Gasteiger partial charge in [0.25, 0.3) is 5.79 Å². The molecule has 0 aromatic rings. The molecule has 0 radical (unpaired) electrons. The van der Waals surface area contributed by atoms with Gasteiger partial charge in [0.05, 0.1) is 32.0 Å². The summed E-state index contributed by atoms with van der Waals surface area (Å²) in [6, 6.07) is -3.05. The summed E-state index contributed by atoms with van der Waals surface area (Å²) >= 11 is 0. The first-order valence-electron chi connectivity index (χ1n) is 16.9. The lowest BCUT2D eigenvalue weighted by atomic mass is 9.88. The first-order chi connectivity index (χ1) is 24.5. The predicted molar refractivity (Wildman–Crippen MR) is 168 cm³/mol. The molecule has 22 heteroatoms. The van der Waals surface area contributed by atoms with Crippen molar-refractivity contribution >= 4 is 17.8 Å². The average Bonchev–Trinajstić information content (AvgIpc) is 3.09. The third kappa shape index (κ3) is 10.7. The van der Waals surface area contributed by atoms with Crippen molar-refractivity contribution in [1.82, 2.24) is 10.6 Å². The van der Waals surface area contributed by atoms with Gasteiger partial charge in [0, 0.05) is 26.9 Å². The summed E-state index contributed by atoms with van der Waals surface area (Å²) in [4.78, 5) is 36.5. The number of carboxylic acids is 1. The molecule has 2 unspecified atom stereocenters. The molecule has 0 aromatic carbocycles. The van der Waals surface area contributed by atoms with E-state index in [1.807, 2.05) is 0 Å². The van der Waals surface area contributed by atoms with Crippen LogP contribution in [0.25, 0.3) is 0 Å². The van der Waals surface area contributed by atoms with Crippen LogP contribution in [0.15, 0.2) is 0 Å². The fraction of sp³-hybridized carbons (Fsp3) is 0.900. The Labute approximate surface area is 298 Å². The molecule has 3 aliphatic heterocycles. The van der Waals surface area contributed by atoms with Gasteiger partial charge in [0.2, 0.25) is 11.8 Å². The predicted octanol–water partition coefficient (Wildman–Crippen LogP) is -6.93. The number of hydrogen-bond acceptors (Lipinski definition) is 19. The number of aliphatic hydroxyl groups is 9. The summed E-state index contributed by atoms with van der Waals surface area (Å²) in [6.45, 7) is 0.00151.